The molecule has 0 radical (unpaired) electrons. The Kier molecular flexibility index (Phi) is 2.71. The Hall–Kier alpha value is -0.760. The molecule has 0 aromatic carbocycles. The number of nitrogens with zero attached hydrogens (tertiary/aromatic N) is 1. The summed E-state index contributed by atoms with van der Waals surface area (Å²) in [6.07, 6.45) is 2.91. The molecule has 11 heavy (non-hydrogen) atoms. The van der Waals surface area contributed by atoms with Gasteiger partial charge in [-0.1, -0.05) is 0 Å². The van der Waals surface area contributed by atoms with E-state index in [4.69, 9.17) is 5.11 Å². The third-order valence-corrected chi connectivity index (χ3v) is 2.06. The molecule has 1 heterocycles. The number of aryl methyl sites for hydroxylation is 2. The summed E-state index contributed by atoms with van der Waals surface area (Å²) in [4.78, 5) is 0. The summed E-state index contributed by atoms with van der Waals surface area (Å²) in [6.45, 7) is 5.41. The lowest BCUT2D eigenvalue weighted by molar-refractivity contribution is 0.279. The minimum absolute atomic E-state index is 0.274. The van der Waals surface area contributed by atoms with Gasteiger partial charge in [0.05, 0.1) is 0 Å². The molecule has 0 bridgehead atoms. The molecule has 0 aliphatic heterocycles. The molecule has 2 nitrogen and oxygen atoms in total. The molecule has 1 rings (SSSR count). The van der Waals surface area contributed by atoms with Crippen molar-refractivity contribution < 1.29 is 5.11 Å². The third-order valence-electron chi connectivity index (χ3n) is 2.06. The molecular weight excluding hydrogens is 138 g/mol. The maximum atomic E-state index is 8.61. The first kappa shape index (κ1) is 8.34. The number of rotatable bonds is 3. The van der Waals surface area contributed by atoms with Crippen LogP contribution < -0.4 is 0 Å². The molecule has 0 saturated heterocycles. The molecule has 0 fully saturated rings. The molecule has 2 heteroatoms. The second kappa shape index (κ2) is 3.58. The van der Waals surface area contributed by atoms with E-state index >= 15 is 0 Å². The van der Waals surface area contributed by atoms with E-state index in [0.717, 1.165) is 13.0 Å². The zero-order chi connectivity index (χ0) is 8.27. The predicted molar refractivity (Wildman–Crippen MR) is 45.6 cm³/mol. The maximum Gasteiger partial charge on any atom is 0.0448 e. The van der Waals surface area contributed by atoms with Crippen molar-refractivity contribution in [2.24, 2.45) is 0 Å². The summed E-state index contributed by atoms with van der Waals surface area (Å²) in [7, 11) is 0. The largest absolute Gasteiger partial charge is 0.396 e. The van der Waals surface area contributed by atoms with Crippen LogP contribution in [-0.2, 0) is 6.54 Å². The van der Waals surface area contributed by atoms with Gasteiger partial charge in [-0.2, -0.15) is 0 Å². The summed E-state index contributed by atoms with van der Waals surface area (Å²) in [5.74, 6) is 0. The summed E-state index contributed by atoms with van der Waals surface area (Å²) in [5, 5.41) is 8.61. The van der Waals surface area contributed by atoms with Crippen LogP contribution in [0.2, 0.25) is 0 Å². The van der Waals surface area contributed by atoms with Gasteiger partial charge >= 0.3 is 0 Å². The Bertz CT molecular complexity index is 227. The standard InChI is InChI=1S/C9H15NO/c1-8-4-6-10(9(8)2)5-3-7-11/h4,6,11H,3,5,7H2,1-2H3. The molecule has 0 saturated carbocycles. The average molecular weight is 153 g/mol. The van der Waals surface area contributed by atoms with Gasteiger partial charge in [0, 0.05) is 25.0 Å². The van der Waals surface area contributed by atoms with Gasteiger partial charge < -0.3 is 9.67 Å². The topological polar surface area (TPSA) is 25.2 Å². The van der Waals surface area contributed by atoms with Crippen LogP contribution in [0.5, 0.6) is 0 Å². The van der Waals surface area contributed by atoms with Crippen LogP contribution in [-0.4, -0.2) is 16.3 Å². The molecule has 0 spiro atoms. The highest BCUT2D eigenvalue weighted by Gasteiger charge is 1.98. The van der Waals surface area contributed by atoms with Gasteiger partial charge in [0.15, 0.2) is 0 Å². The van der Waals surface area contributed by atoms with Crippen LogP contribution in [0, 0.1) is 13.8 Å². The van der Waals surface area contributed by atoms with Crippen molar-refractivity contribution in [3.63, 3.8) is 0 Å². The van der Waals surface area contributed by atoms with Crippen molar-refractivity contribution in [2.45, 2.75) is 26.8 Å². The van der Waals surface area contributed by atoms with Crippen molar-refractivity contribution in [3.05, 3.63) is 23.5 Å². The van der Waals surface area contributed by atoms with Crippen molar-refractivity contribution in [1.29, 1.82) is 0 Å². The second-order valence-corrected chi connectivity index (χ2v) is 2.85. The van der Waals surface area contributed by atoms with Gasteiger partial charge in [-0.05, 0) is 31.9 Å². The zero-order valence-corrected chi connectivity index (χ0v) is 7.17. The van der Waals surface area contributed by atoms with Crippen LogP contribution in [0.4, 0.5) is 0 Å². The van der Waals surface area contributed by atoms with Gasteiger partial charge in [-0.3, -0.25) is 0 Å². The summed E-state index contributed by atoms with van der Waals surface area (Å²) >= 11 is 0. The van der Waals surface area contributed by atoms with E-state index < -0.39 is 0 Å². The number of hydrogen-bond donors (Lipinski definition) is 1. The molecule has 1 aromatic heterocycles. The molecule has 62 valence electrons. The fourth-order valence-electron chi connectivity index (χ4n) is 1.14. The minimum Gasteiger partial charge on any atom is -0.396 e. The van der Waals surface area contributed by atoms with Crippen molar-refractivity contribution >= 4 is 0 Å². The Morgan fingerprint density at radius 2 is 2.18 bits per heavy atom. The molecule has 1 N–H and O–H groups in total. The minimum atomic E-state index is 0.274. The molecule has 0 unspecified atom stereocenters. The highest BCUT2D eigenvalue weighted by molar-refractivity contribution is 5.18. The summed E-state index contributed by atoms with van der Waals surface area (Å²) in [6, 6.07) is 2.10. The van der Waals surface area contributed by atoms with Crippen LogP contribution in [0.25, 0.3) is 0 Å². The van der Waals surface area contributed by atoms with Crippen LogP contribution in [0.1, 0.15) is 17.7 Å². The van der Waals surface area contributed by atoms with Gasteiger partial charge in [0.25, 0.3) is 0 Å². The molecular formula is C9H15NO. The first-order valence-electron chi connectivity index (χ1n) is 3.99. The normalized spacial score (nSPS) is 10.5. The van der Waals surface area contributed by atoms with Gasteiger partial charge in [0.2, 0.25) is 0 Å². The summed E-state index contributed by atoms with van der Waals surface area (Å²) < 4.78 is 2.17. The van der Waals surface area contributed by atoms with E-state index in [1.54, 1.807) is 0 Å². The SMILES string of the molecule is Cc1ccn(CCCO)c1C. The van der Waals surface area contributed by atoms with E-state index in [1.165, 1.54) is 11.3 Å². The van der Waals surface area contributed by atoms with E-state index in [9.17, 15) is 0 Å². The van der Waals surface area contributed by atoms with Gasteiger partial charge in [-0.25, -0.2) is 0 Å². The number of hydrogen-bond acceptors (Lipinski definition) is 1. The Morgan fingerprint density at radius 1 is 1.45 bits per heavy atom. The fourth-order valence-corrected chi connectivity index (χ4v) is 1.14. The molecule has 0 atom stereocenters. The van der Waals surface area contributed by atoms with E-state index in [-0.39, 0.29) is 6.61 Å². The first-order chi connectivity index (χ1) is 5.25. The lowest BCUT2D eigenvalue weighted by atomic mass is 10.3. The molecule has 0 aliphatic carbocycles. The second-order valence-electron chi connectivity index (χ2n) is 2.85. The zero-order valence-electron chi connectivity index (χ0n) is 7.17. The first-order valence-corrected chi connectivity index (χ1v) is 3.99. The van der Waals surface area contributed by atoms with E-state index in [0.29, 0.717) is 0 Å². The molecule has 0 amide bonds. The highest BCUT2D eigenvalue weighted by atomic mass is 16.3. The fraction of sp³-hybridized carbons (Fsp3) is 0.556. The van der Waals surface area contributed by atoms with Gasteiger partial charge in [-0.15, -0.1) is 0 Å². The van der Waals surface area contributed by atoms with Crippen molar-refractivity contribution in [1.82, 2.24) is 4.57 Å². The van der Waals surface area contributed by atoms with Gasteiger partial charge in [0.1, 0.15) is 0 Å². The lowest BCUT2D eigenvalue weighted by Gasteiger charge is -2.04. The third kappa shape index (κ3) is 1.84. The molecule has 0 aliphatic rings. The van der Waals surface area contributed by atoms with Crippen LogP contribution >= 0.6 is 0 Å². The van der Waals surface area contributed by atoms with Crippen molar-refractivity contribution in [2.75, 3.05) is 6.61 Å². The lowest BCUT2D eigenvalue weighted by Crippen LogP contribution is -2.00. The summed E-state index contributed by atoms with van der Waals surface area (Å²) in [5.41, 5.74) is 2.63. The monoisotopic (exact) mass is 153 g/mol. The maximum absolute atomic E-state index is 8.61. The van der Waals surface area contributed by atoms with Crippen LogP contribution in [0.15, 0.2) is 12.3 Å². The quantitative estimate of drug-likeness (QED) is 0.699. The average Bonchev–Trinajstić information content (AvgIpc) is 2.31. The Balaban J connectivity index is 2.63. The Morgan fingerprint density at radius 3 is 2.64 bits per heavy atom. The van der Waals surface area contributed by atoms with Crippen molar-refractivity contribution in [3.8, 4) is 0 Å². The molecule has 1 aromatic rings. The van der Waals surface area contributed by atoms with E-state index in [1.807, 2.05) is 0 Å². The highest BCUT2D eigenvalue weighted by Crippen LogP contribution is 2.07. The van der Waals surface area contributed by atoms with E-state index in [2.05, 4.69) is 30.7 Å². The van der Waals surface area contributed by atoms with Crippen LogP contribution in [0.3, 0.4) is 0 Å². The predicted octanol–water partition coefficient (Wildman–Crippen LogP) is 1.49. The number of aromatic nitrogens is 1. The number of aliphatic hydroxyl groups excluding tert-OH is 1. The number of aliphatic hydroxyl groups is 1. The Labute approximate surface area is 67.5 Å². The smallest absolute Gasteiger partial charge is 0.0448 e.